The second kappa shape index (κ2) is 9.25. The summed E-state index contributed by atoms with van der Waals surface area (Å²) in [6.45, 7) is 4.69. The summed E-state index contributed by atoms with van der Waals surface area (Å²) in [5.41, 5.74) is 3.02. The van der Waals surface area contributed by atoms with Crippen LogP contribution in [-0.2, 0) is 9.59 Å². The molecular formula is C25H26ClNO5. The van der Waals surface area contributed by atoms with Crippen molar-refractivity contribution in [2.24, 2.45) is 0 Å². The van der Waals surface area contributed by atoms with Gasteiger partial charge in [0.1, 0.15) is 5.75 Å². The van der Waals surface area contributed by atoms with Crippen LogP contribution < -0.4 is 14.8 Å². The molecule has 2 N–H and O–H groups in total. The second-order valence-corrected chi connectivity index (χ2v) is 8.42. The summed E-state index contributed by atoms with van der Waals surface area (Å²) in [5, 5.41) is 13.2. The number of hydrogen-bond acceptors (Lipinski definition) is 5. The van der Waals surface area contributed by atoms with Gasteiger partial charge in [0.15, 0.2) is 17.3 Å². The average molecular weight is 456 g/mol. The Labute approximate surface area is 192 Å². The van der Waals surface area contributed by atoms with Gasteiger partial charge in [0.25, 0.3) is 0 Å². The topological polar surface area (TPSA) is 84.9 Å². The Balaban J connectivity index is 1.67. The van der Waals surface area contributed by atoms with Crippen molar-refractivity contribution in [2.75, 3.05) is 13.2 Å². The summed E-state index contributed by atoms with van der Waals surface area (Å²) in [7, 11) is 0. The van der Waals surface area contributed by atoms with Crippen LogP contribution in [0.3, 0.4) is 0 Å². The van der Waals surface area contributed by atoms with E-state index in [0.717, 1.165) is 11.3 Å². The Kier molecular flexibility index (Phi) is 6.42. The van der Waals surface area contributed by atoms with Gasteiger partial charge >= 0.3 is 0 Å². The van der Waals surface area contributed by atoms with Crippen LogP contribution in [0.4, 0.5) is 0 Å². The highest BCUT2D eigenvalue weighted by atomic mass is 35.5. The number of phenolic OH excluding ortho intramolecular Hbond substituents is 1. The standard InChI is InChI=1S/C25H26ClNO5/c1-3-31-17-7-5-14(6-8-17)15-10-20-24(21(28)11-15)18(13-23(29)27-20)16-9-19(26)25(30)22(12-16)32-4-2/h5-9,12,15,18,30H,3-4,10-11,13H2,1-2H3,(H,27,29)/t15-,18+/m1/s1. The molecule has 1 aliphatic heterocycles. The van der Waals surface area contributed by atoms with Crippen LogP contribution in [0.2, 0.25) is 5.02 Å². The number of amides is 1. The number of phenols is 1. The van der Waals surface area contributed by atoms with Gasteiger partial charge in [-0.05, 0) is 61.6 Å². The fourth-order valence-corrected chi connectivity index (χ4v) is 4.76. The summed E-state index contributed by atoms with van der Waals surface area (Å²) in [5.74, 6) is 0.325. The van der Waals surface area contributed by atoms with Crippen molar-refractivity contribution in [1.29, 1.82) is 0 Å². The lowest BCUT2D eigenvalue weighted by Crippen LogP contribution is -2.38. The molecule has 0 unspecified atom stereocenters. The van der Waals surface area contributed by atoms with Crippen LogP contribution in [0.25, 0.3) is 0 Å². The van der Waals surface area contributed by atoms with Crippen molar-refractivity contribution in [3.05, 3.63) is 63.8 Å². The molecule has 0 spiro atoms. The molecule has 2 aromatic carbocycles. The quantitative estimate of drug-likeness (QED) is 0.650. The van der Waals surface area contributed by atoms with E-state index in [1.807, 2.05) is 31.2 Å². The van der Waals surface area contributed by atoms with Crippen molar-refractivity contribution in [3.8, 4) is 17.2 Å². The van der Waals surface area contributed by atoms with Gasteiger partial charge in [0.05, 0.1) is 18.2 Å². The van der Waals surface area contributed by atoms with Crippen LogP contribution >= 0.6 is 11.6 Å². The number of halogens is 1. The lowest BCUT2D eigenvalue weighted by atomic mass is 9.73. The molecule has 2 aromatic rings. The molecule has 0 aromatic heterocycles. The molecule has 0 bridgehead atoms. The molecule has 2 atom stereocenters. The number of hydrogen-bond donors (Lipinski definition) is 2. The van der Waals surface area contributed by atoms with E-state index in [4.69, 9.17) is 21.1 Å². The predicted octanol–water partition coefficient (Wildman–Crippen LogP) is 4.85. The summed E-state index contributed by atoms with van der Waals surface area (Å²) in [6, 6.07) is 11.0. The van der Waals surface area contributed by atoms with E-state index < -0.39 is 5.92 Å². The SMILES string of the molecule is CCOc1ccc([C@H]2CC(=O)C3=C(C2)NC(=O)C[C@H]3c2cc(Cl)c(O)c(OCC)c2)cc1. The van der Waals surface area contributed by atoms with Crippen molar-refractivity contribution in [1.82, 2.24) is 5.32 Å². The fourth-order valence-electron chi connectivity index (χ4n) is 4.54. The first-order valence-electron chi connectivity index (χ1n) is 10.8. The molecule has 32 heavy (non-hydrogen) atoms. The first-order valence-corrected chi connectivity index (χ1v) is 11.2. The number of aromatic hydroxyl groups is 1. The Bertz CT molecular complexity index is 1080. The second-order valence-electron chi connectivity index (χ2n) is 8.01. The van der Waals surface area contributed by atoms with Gasteiger partial charge in [-0.25, -0.2) is 0 Å². The first kappa shape index (κ1) is 22.2. The minimum atomic E-state index is -0.426. The zero-order valence-electron chi connectivity index (χ0n) is 18.1. The van der Waals surface area contributed by atoms with E-state index in [2.05, 4.69) is 5.32 Å². The van der Waals surface area contributed by atoms with E-state index in [1.54, 1.807) is 19.1 Å². The molecule has 168 valence electrons. The van der Waals surface area contributed by atoms with Crippen molar-refractivity contribution in [3.63, 3.8) is 0 Å². The van der Waals surface area contributed by atoms with Crippen LogP contribution in [0.5, 0.6) is 17.2 Å². The van der Waals surface area contributed by atoms with Crippen LogP contribution in [0.1, 0.15) is 56.1 Å². The summed E-state index contributed by atoms with van der Waals surface area (Å²) in [6.07, 6.45) is 1.08. The Hall–Kier alpha value is -2.99. The van der Waals surface area contributed by atoms with Crippen molar-refractivity contribution < 1.29 is 24.2 Å². The molecule has 4 rings (SSSR count). The summed E-state index contributed by atoms with van der Waals surface area (Å²) >= 11 is 6.22. The van der Waals surface area contributed by atoms with Crippen LogP contribution in [0.15, 0.2) is 47.7 Å². The average Bonchev–Trinajstić information content (AvgIpc) is 2.76. The number of ether oxygens (including phenoxy) is 2. The number of carbonyl (C=O) groups excluding carboxylic acids is 2. The first-order chi connectivity index (χ1) is 15.4. The zero-order chi connectivity index (χ0) is 22.8. The lowest BCUT2D eigenvalue weighted by molar-refractivity contribution is -0.122. The molecule has 2 aliphatic rings. The molecule has 1 heterocycles. The minimum Gasteiger partial charge on any atom is -0.503 e. The maximum Gasteiger partial charge on any atom is 0.225 e. The van der Waals surface area contributed by atoms with Crippen LogP contribution in [0, 0.1) is 0 Å². The smallest absolute Gasteiger partial charge is 0.225 e. The van der Waals surface area contributed by atoms with E-state index >= 15 is 0 Å². The summed E-state index contributed by atoms with van der Waals surface area (Å²) < 4.78 is 11.0. The van der Waals surface area contributed by atoms with Gasteiger partial charge < -0.3 is 19.9 Å². The van der Waals surface area contributed by atoms with Crippen molar-refractivity contribution >= 4 is 23.3 Å². The molecule has 0 fully saturated rings. The maximum atomic E-state index is 13.3. The number of nitrogens with one attached hydrogen (secondary N) is 1. The van der Waals surface area contributed by atoms with Gasteiger partial charge in [-0.1, -0.05) is 23.7 Å². The van der Waals surface area contributed by atoms with E-state index in [9.17, 15) is 14.7 Å². The Morgan fingerprint density at radius 3 is 2.41 bits per heavy atom. The Morgan fingerprint density at radius 1 is 1.00 bits per heavy atom. The normalized spacial score (nSPS) is 20.6. The number of carbonyl (C=O) groups is 2. The molecule has 6 nitrogen and oxygen atoms in total. The fraction of sp³-hybridized carbons (Fsp3) is 0.360. The number of rotatable bonds is 6. The highest BCUT2D eigenvalue weighted by Crippen LogP contribution is 2.45. The molecule has 1 amide bonds. The number of benzene rings is 2. The van der Waals surface area contributed by atoms with E-state index in [0.29, 0.717) is 42.9 Å². The van der Waals surface area contributed by atoms with Gasteiger partial charge in [0, 0.05) is 30.0 Å². The van der Waals surface area contributed by atoms with Crippen molar-refractivity contribution in [2.45, 2.75) is 44.9 Å². The summed E-state index contributed by atoms with van der Waals surface area (Å²) in [4.78, 5) is 25.8. The number of Topliss-reactive ketones (excluding diaryl/α,β-unsaturated/α-hetero) is 1. The highest BCUT2D eigenvalue weighted by molar-refractivity contribution is 6.32. The predicted molar refractivity (Wildman–Crippen MR) is 121 cm³/mol. The largest absolute Gasteiger partial charge is 0.503 e. The van der Waals surface area contributed by atoms with E-state index in [-0.39, 0.29) is 40.6 Å². The van der Waals surface area contributed by atoms with Gasteiger partial charge in [0.2, 0.25) is 5.91 Å². The monoisotopic (exact) mass is 455 g/mol. The molecule has 1 aliphatic carbocycles. The minimum absolute atomic E-state index is 0.0114. The van der Waals surface area contributed by atoms with Gasteiger partial charge in [-0.3, -0.25) is 9.59 Å². The van der Waals surface area contributed by atoms with Crippen LogP contribution in [-0.4, -0.2) is 30.0 Å². The van der Waals surface area contributed by atoms with Gasteiger partial charge in [-0.15, -0.1) is 0 Å². The third kappa shape index (κ3) is 4.32. The molecule has 7 heteroatoms. The number of ketones is 1. The third-order valence-electron chi connectivity index (χ3n) is 5.95. The molecular weight excluding hydrogens is 430 g/mol. The van der Waals surface area contributed by atoms with Gasteiger partial charge in [-0.2, -0.15) is 0 Å². The third-order valence-corrected chi connectivity index (χ3v) is 6.24. The Morgan fingerprint density at radius 2 is 1.72 bits per heavy atom. The molecule has 0 saturated heterocycles. The maximum absolute atomic E-state index is 13.3. The lowest BCUT2D eigenvalue weighted by Gasteiger charge is -2.34. The molecule has 0 saturated carbocycles. The highest BCUT2D eigenvalue weighted by Gasteiger charge is 2.38. The van der Waals surface area contributed by atoms with E-state index in [1.165, 1.54) is 0 Å². The zero-order valence-corrected chi connectivity index (χ0v) is 18.9. The molecule has 0 radical (unpaired) electrons. The number of allylic oxidation sites excluding steroid dienone is 2.